The lowest BCUT2D eigenvalue weighted by atomic mass is 9.93. The van der Waals surface area contributed by atoms with Gasteiger partial charge in [-0.1, -0.05) is 41.9 Å². The van der Waals surface area contributed by atoms with Crippen molar-refractivity contribution in [1.29, 1.82) is 5.26 Å². The molecule has 0 radical (unpaired) electrons. The van der Waals surface area contributed by atoms with Crippen molar-refractivity contribution in [2.75, 3.05) is 26.2 Å². The number of nitrogens with one attached hydrogen (secondary N) is 1. The van der Waals surface area contributed by atoms with Crippen LogP contribution in [-0.4, -0.2) is 57.3 Å². The largest absolute Gasteiger partial charge is 0.493 e. The summed E-state index contributed by atoms with van der Waals surface area (Å²) in [4.78, 5) is 14.9. The van der Waals surface area contributed by atoms with Crippen LogP contribution < -0.4 is 19.5 Å². The number of hydrogen-bond acceptors (Lipinski definition) is 10. The molecule has 1 fully saturated rings. The molecule has 1 aliphatic heterocycles. The number of rotatable bonds is 16. The maximum absolute atomic E-state index is 9.80. The van der Waals surface area contributed by atoms with Gasteiger partial charge in [-0.15, -0.1) is 0 Å². The first-order valence-corrected chi connectivity index (χ1v) is 17.8. The molecule has 11 heteroatoms. The summed E-state index contributed by atoms with van der Waals surface area (Å²) >= 11 is 6.82. The van der Waals surface area contributed by atoms with Gasteiger partial charge in [-0.3, -0.25) is 15.0 Å². The fourth-order valence-corrected chi connectivity index (χ4v) is 6.57. The minimum absolute atomic E-state index is 0.203. The van der Waals surface area contributed by atoms with E-state index in [0.29, 0.717) is 48.4 Å². The SMILES string of the molecule is Cc1c(COc2cc(OCc3cncc(C#N)c3)c(CNCc3cnccn3)cc2Cl)cccc1-c1cccc(OCCCN2CC[C@@H](O)C2)c1C. The Balaban J connectivity index is 1.15. The predicted octanol–water partition coefficient (Wildman–Crippen LogP) is 6.96. The fourth-order valence-electron chi connectivity index (χ4n) is 6.33. The number of β-amino-alcohol motifs (C(OH)–C–C–N with tert-alkyl or cyclic N) is 1. The van der Waals surface area contributed by atoms with Crippen LogP contribution in [0.2, 0.25) is 5.02 Å². The molecule has 1 atom stereocenters. The van der Waals surface area contributed by atoms with Crippen LogP contribution in [0.25, 0.3) is 11.1 Å². The molecule has 0 aliphatic carbocycles. The molecule has 268 valence electrons. The Labute approximate surface area is 310 Å². The Morgan fingerprint density at radius 1 is 0.885 bits per heavy atom. The quantitative estimate of drug-likeness (QED) is 0.103. The average molecular weight is 719 g/mol. The Kier molecular flexibility index (Phi) is 12.7. The van der Waals surface area contributed by atoms with Crippen molar-refractivity contribution in [2.45, 2.75) is 59.1 Å². The highest BCUT2D eigenvalue weighted by Crippen LogP contribution is 2.36. The van der Waals surface area contributed by atoms with E-state index in [1.54, 1.807) is 30.9 Å². The van der Waals surface area contributed by atoms with Gasteiger partial charge >= 0.3 is 0 Å². The maximum Gasteiger partial charge on any atom is 0.142 e. The molecule has 2 N–H and O–H groups in total. The number of aliphatic hydroxyl groups excluding tert-OH is 1. The van der Waals surface area contributed by atoms with E-state index in [1.807, 2.05) is 30.3 Å². The van der Waals surface area contributed by atoms with E-state index in [1.165, 1.54) is 6.20 Å². The minimum Gasteiger partial charge on any atom is -0.493 e. The zero-order valence-electron chi connectivity index (χ0n) is 29.5. The van der Waals surface area contributed by atoms with Crippen molar-refractivity contribution in [2.24, 2.45) is 0 Å². The van der Waals surface area contributed by atoms with Crippen LogP contribution in [0.5, 0.6) is 17.2 Å². The molecule has 1 aliphatic rings. The van der Waals surface area contributed by atoms with Crippen molar-refractivity contribution in [3.63, 3.8) is 0 Å². The van der Waals surface area contributed by atoms with E-state index in [9.17, 15) is 10.4 Å². The Morgan fingerprint density at radius 2 is 1.71 bits per heavy atom. The molecule has 3 heterocycles. The van der Waals surface area contributed by atoms with Gasteiger partial charge in [0.15, 0.2) is 0 Å². The number of ether oxygens (including phenoxy) is 3. The summed E-state index contributed by atoms with van der Waals surface area (Å²) in [5.74, 6) is 1.98. The number of aliphatic hydroxyl groups is 1. The average Bonchev–Trinajstić information content (AvgIpc) is 3.58. The Hall–Kier alpha value is -5.05. The number of nitrogens with zero attached hydrogens (tertiary/aromatic N) is 5. The molecule has 0 amide bonds. The number of likely N-dealkylation sites (tertiary alicyclic amines) is 1. The number of nitriles is 1. The molecule has 0 saturated carbocycles. The number of benzene rings is 3. The summed E-state index contributed by atoms with van der Waals surface area (Å²) in [5, 5.41) is 23.0. The van der Waals surface area contributed by atoms with Crippen molar-refractivity contribution < 1.29 is 19.3 Å². The van der Waals surface area contributed by atoms with E-state index in [2.05, 4.69) is 63.3 Å². The summed E-state index contributed by atoms with van der Waals surface area (Å²) in [6, 6.07) is 20.0. The van der Waals surface area contributed by atoms with E-state index >= 15 is 0 Å². The smallest absolute Gasteiger partial charge is 0.142 e. The van der Waals surface area contributed by atoms with Crippen molar-refractivity contribution in [1.82, 2.24) is 25.2 Å². The topological polar surface area (TPSA) is 126 Å². The number of aromatic nitrogens is 3. The molecular formula is C41H43ClN6O4. The first kappa shape index (κ1) is 36.7. The van der Waals surface area contributed by atoms with Gasteiger partial charge in [0.25, 0.3) is 0 Å². The van der Waals surface area contributed by atoms with Crippen LogP contribution in [0, 0.1) is 25.2 Å². The lowest BCUT2D eigenvalue weighted by molar-refractivity contribution is 0.173. The van der Waals surface area contributed by atoms with E-state index in [4.69, 9.17) is 25.8 Å². The zero-order chi connectivity index (χ0) is 36.3. The molecular weight excluding hydrogens is 676 g/mol. The van der Waals surface area contributed by atoms with Crippen molar-refractivity contribution in [3.05, 3.63) is 130 Å². The summed E-state index contributed by atoms with van der Waals surface area (Å²) in [6.07, 6.45) is 9.78. The Morgan fingerprint density at radius 3 is 2.50 bits per heavy atom. The molecule has 3 aromatic carbocycles. The van der Waals surface area contributed by atoms with Gasteiger partial charge in [0, 0.05) is 80.9 Å². The van der Waals surface area contributed by atoms with Crippen molar-refractivity contribution in [3.8, 4) is 34.4 Å². The van der Waals surface area contributed by atoms with Gasteiger partial charge in [0.05, 0.1) is 29.0 Å². The van der Waals surface area contributed by atoms with Crippen molar-refractivity contribution >= 4 is 11.6 Å². The van der Waals surface area contributed by atoms with Crippen LogP contribution in [0.1, 0.15) is 51.9 Å². The second kappa shape index (κ2) is 17.9. The second-order valence-electron chi connectivity index (χ2n) is 12.9. The molecule has 5 aromatic rings. The normalized spacial score (nSPS) is 14.2. The molecule has 6 rings (SSSR count). The molecule has 0 unspecified atom stereocenters. The minimum atomic E-state index is -0.203. The lowest BCUT2D eigenvalue weighted by Gasteiger charge is -2.19. The Bertz CT molecular complexity index is 2000. The summed E-state index contributed by atoms with van der Waals surface area (Å²) < 4.78 is 18.9. The fraction of sp³-hybridized carbons (Fsp3) is 0.317. The molecule has 52 heavy (non-hydrogen) atoms. The number of halogens is 1. The first-order chi connectivity index (χ1) is 25.4. The lowest BCUT2D eigenvalue weighted by Crippen LogP contribution is -2.24. The van der Waals surface area contributed by atoms with Gasteiger partial charge in [0.1, 0.15) is 36.5 Å². The summed E-state index contributed by atoms with van der Waals surface area (Å²) in [7, 11) is 0. The van der Waals surface area contributed by atoms with Gasteiger partial charge in [-0.2, -0.15) is 5.26 Å². The first-order valence-electron chi connectivity index (χ1n) is 17.5. The van der Waals surface area contributed by atoms with Crippen LogP contribution in [-0.2, 0) is 26.3 Å². The highest BCUT2D eigenvalue weighted by molar-refractivity contribution is 6.32. The molecule has 10 nitrogen and oxygen atoms in total. The van der Waals surface area contributed by atoms with Crippen LogP contribution in [0.4, 0.5) is 0 Å². The highest BCUT2D eigenvalue weighted by atomic mass is 35.5. The molecule has 0 spiro atoms. The second-order valence-corrected chi connectivity index (χ2v) is 13.3. The molecule has 2 aromatic heterocycles. The molecule has 1 saturated heterocycles. The molecule has 0 bridgehead atoms. The van der Waals surface area contributed by atoms with E-state index in [-0.39, 0.29) is 12.7 Å². The van der Waals surface area contributed by atoms with Crippen LogP contribution in [0.3, 0.4) is 0 Å². The van der Waals surface area contributed by atoms with Gasteiger partial charge < -0.3 is 29.5 Å². The number of hydrogen-bond donors (Lipinski definition) is 2. The highest BCUT2D eigenvalue weighted by Gasteiger charge is 2.20. The van der Waals surface area contributed by atoms with E-state index < -0.39 is 0 Å². The van der Waals surface area contributed by atoms with Crippen LogP contribution >= 0.6 is 11.6 Å². The predicted molar refractivity (Wildman–Crippen MR) is 200 cm³/mol. The monoisotopic (exact) mass is 718 g/mol. The summed E-state index contributed by atoms with van der Waals surface area (Å²) in [5.41, 5.74) is 8.35. The van der Waals surface area contributed by atoms with Gasteiger partial charge in [-0.25, -0.2) is 0 Å². The summed E-state index contributed by atoms with van der Waals surface area (Å²) in [6.45, 7) is 8.95. The zero-order valence-corrected chi connectivity index (χ0v) is 30.3. The number of pyridine rings is 1. The third-order valence-corrected chi connectivity index (χ3v) is 9.49. The van der Waals surface area contributed by atoms with Gasteiger partial charge in [0.2, 0.25) is 0 Å². The van der Waals surface area contributed by atoms with Crippen LogP contribution in [0.15, 0.2) is 85.6 Å². The van der Waals surface area contributed by atoms with Gasteiger partial charge in [-0.05, 0) is 72.7 Å². The van der Waals surface area contributed by atoms with E-state index in [0.717, 1.165) is 82.9 Å². The maximum atomic E-state index is 9.80. The standard InChI is InChI=1S/C41H43ClN6O4/c1-28-32(6-3-7-36(28)37-8-4-9-39(29(37)2)50-15-5-13-48-14-10-35(49)25-48)27-52-41-18-40(51-26-31-16-30(19-43)20-45-21-31)33(17-38(41)42)22-46-24-34-23-44-11-12-47-34/h3-4,6-9,11-12,16-18,20-21,23,35,46,49H,5,10,13-15,22,24-27H2,1-2H3/t35-/m1/s1. The third kappa shape index (κ3) is 9.63. The third-order valence-electron chi connectivity index (χ3n) is 9.20.